The molecule has 0 aliphatic heterocycles. The topological polar surface area (TPSA) is 15.3 Å². The van der Waals surface area contributed by atoms with Crippen LogP contribution in [0.1, 0.15) is 44.6 Å². The number of hydrogen-bond donors (Lipinski definition) is 1. The third kappa shape index (κ3) is 5.19. The van der Waals surface area contributed by atoms with E-state index in [1.807, 2.05) is 0 Å². The van der Waals surface area contributed by atoms with Crippen LogP contribution in [0.15, 0.2) is 16.8 Å². The molecule has 0 spiro atoms. The molecule has 0 atom stereocenters. The number of hydrogen-bond acceptors (Lipinski definition) is 3. The zero-order chi connectivity index (χ0) is 14.2. The molecular weight excluding hydrogens is 264 g/mol. The first kappa shape index (κ1) is 16.0. The fourth-order valence-electron chi connectivity index (χ4n) is 3.22. The third-order valence-corrected chi connectivity index (χ3v) is 5.56. The largest absolute Gasteiger partial charge is 0.315 e. The summed E-state index contributed by atoms with van der Waals surface area (Å²) in [6, 6.07) is 3.06. The van der Waals surface area contributed by atoms with Crippen molar-refractivity contribution in [3.8, 4) is 0 Å². The van der Waals surface area contributed by atoms with E-state index in [1.54, 1.807) is 11.3 Å². The van der Waals surface area contributed by atoms with Crippen LogP contribution in [0.4, 0.5) is 0 Å². The van der Waals surface area contributed by atoms with E-state index in [0.717, 1.165) is 31.5 Å². The molecule has 2 rings (SSSR count). The molecule has 20 heavy (non-hydrogen) atoms. The fraction of sp³-hybridized carbons (Fsp3) is 0.765. The van der Waals surface area contributed by atoms with Crippen molar-refractivity contribution in [1.82, 2.24) is 10.2 Å². The predicted molar refractivity (Wildman–Crippen MR) is 89.6 cm³/mol. The molecule has 1 aromatic heterocycles. The predicted octanol–water partition coefficient (Wildman–Crippen LogP) is 3.78. The Kier molecular flexibility index (Phi) is 7.05. The van der Waals surface area contributed by atoms with Gasteiger partial charge in [-0.25, -0.2) is 0 Å². The van der Waals surface area contributed by atoms with Gasteiger partial charge in [0, 0.05) is 19.1 Å². The first-order valence-corrected chi connectivity index (χ1v) is 9.16. The summed E-state index contributed by atoms with van der Waals surface area (Å²) >= 11 is 1.79. The normalized spacial score (nSPS) is 23.4. The minimum atomic E-state index is 0.830. The summed E-state index contributed by atoms with van der Waals surface area (Å²) in [6.07, 6.45) is 8.23. The molecule has 2 nitrogen and oxygen atoms in total. The average molecular weight is 295 g/mol. The number of nitrogens with one attached hydrogen (secondary N) is 1. The maximum atomic E-state index is 3.58. The molecule has 1 aromatic rings. The smallest absolute Gasteiger partial charge is 0.0107 e. The summed E-state index contributed by atoms with van der Waals surface area (Å²) in [7, 11) is 2.30. The second-order valence-electron chi connectivity index (χ2n) is 6.20. The lowest BCUT2D eigenvalue weighted by molar-refractivity contribution is 0.164. The van der Waals surface area contributed by atoms with Crippen molar-refractivity contribution in [2.45, 2.75) is 51.5 Å². The number of likely N-dealkylation sites (N-methyl/N-ethyl adjacent to an activating group) is 1. The minimum Gasteiger partial charge on any atom is -0.315 e. The molecule has 1 saturated carbocycles. The van der Waals surface area contributed by atoms with E-state index < -0.39 is 0 Å². The monoisotopic (exact) mass is 294 g/mol. The molecule has 0 radical (unpaired) electrons. The minimum absolute atomic E-state index is 0.830. The van der Waals surface area contributed by atoms with Gasteiger partial charge in [-0.1, -0.05) is 13.3 Å². The van der Waals surface area contributed by atoms with Gasteiger partial charge in [-0.15, -0.1) is 0 Å². The van der Waals surface area contributed by atoms with E-state index >= 15 is 0 Å². The third-order valence-electron chi connectivity index (χ3n) is 4.83. The Morgan fingerprint density at radius 1 is 1.25 bits per heavy atom. The first-order valence-electron chi connectivity index (χ1n) is 8.21. The maximum Gasteiger partial charge on any atom is 0.0107 e. The van der Waals surface area contributed by atoms with E-state index in [9.17, 15) is 0 Å². The second-order valence-corrected chi connectivity index (χ2v) is 6.98. The summed E-state index contributed by atoms with van der Waals surface area (Å²) in [5.74, 6) is 1.00. The van der Waals surface area contributed by atoms with E-state index in [4.69, 9.17) is 0 Å². The van der Waals surface area contributed by atoms with Crippen molar-refractivity contribution in [3.63, 3.8) is 0 Å². The van der Waals surface area contributed by atoms with Crippen LogP contribution in [0.5, 0.6) is 0 Å². The summed E-state index contributed by atoms with van der Waals surface area (Å²) in [5.41, 5.74) is 1.47. The van der Waals surface area contributed by atoms with Gasteiger partial charge in [-0.2, -0.15) is 11.3 Å². The highest BCUT2D eigenvalue weighted by atomic mass is 32.1. The van der Waals surface area contributed by atoms with E-state index in [2.05, 4.69) is 41.0 Å². The Hall–Kier alpha value is -0.380. The summed E-state index contributed by atoms with van der Waals surface area (Å²) in [5, 5.41) is 7.99. The van der Waals surface area contributed by atoms with Crippen molar-refractivity contribution in [2.75, 3.05) is 26.7 Å². The van der Waals surface area contributed by atoms with Crippen LogP contribution < -0.4 is 5.32 Å². The second kappa shape index (κ2) is 8.81. The Bertz CT molecular complexity index is 342. The summed E-state index contributed by atoms with van der Waals surface area (Å²) in [4.78, 5) is 2.57. The van der Waals surface area contributed by atoms with Crippen molar-refractivity contribution in [3.05, 3.63) is 22.4 Å². The molecule has 0 amide bonds. The van der Waals surface area contributed by atoms with Gasteiger partial charge in [0.1, 0.15) is 0 Å². The SMILES string of the molecule is CCC1CCC(N(C)CCNCCc2ccsc2)CC1. The Morgan fingerprint density at radius 2 is 2.05 bits per heavy atom. The van der Waals surface area contributed by atoms with Gasteiger partial charge in [0.15, 0.2) is 0 Å². The highest BCUT2D eigenvalue weighted by Gasteiger charge is 2.22. The van der Waals surface area contributed by atoms with Gasteiger partial charge in [-0.3, -0.25) is 0 Å². The number of thiophene rings is 1. The molecule has 0 saturated heterocycles. The van der Waals surface area contributed by atoms with Gasteiger partial charge in [-0.05, 0) is 74.0 Å². The van der Waals surface area contributed by atoms with Crippen LogP contribution in [0.3, 0.4) is 0 Å². The van der Waals surface area contributed by atoms with Crippen molar-refractivity contribution in [2.24, 2.45) is 5.92 Å². The van der Waals surface area contributed by atoms with Crippen LogP contribution >= 0.6 is 11.3 Å². The standard InChI is InChI=1S/C17H30N2S/c1-3-15-4-6-17(7-5-15)19(2)12-11-18-10-8-16-9-13-20-14-16/h9,13-15,17-18H,3-8,10-12H2,1-2H3. The molecule has 1 aliphatic rings. The van der Waals surface area contributed by atoms with E-state index in [1.165, 1.54) is 44.2 Å². The lowest BCUT2D eigenvalue weighted by Crippen LogP contribution is -2.39. The Morgan fingerprint density at radius 3 is 2.70 bits per heavy atom. The average Bonchev–Trinajstić information content (AvgIpc) is 3.00. The van der Waals surface area contributed by atoms with Crippen LogP contribution in [0, 0.1) is 5.92 Å². The lowest BCUT2D eigenvalue weighted by atomic mass is 9.84. The van der Waals surface area contributed by atoms with Gasteiger partial charge in [0.05, 0.1) is 0 Å². The van der Waals surface area contributed by atoms with Gasteiger partial charge in [0.2, 0.25) is 0 Å². The number of nitrogens with zero attached hydrogens (tertiary/aromatic N) is 1. The van der Waals surface area contributed by atoms with E-state index in [-0.39, 0.29) is 0 Å². The van der Waals surface area contributed by atoms with Gasteiger partial charge >= 0.3 is 0 Å². The van der Waals surface area contributed by atoms with Gasteiger partial charge < -0.3 is 10.2 Å². The van der Waals surface area contributed by atoms with E-state index in [0.29, 0.717) is 0 Å². The molecular formula is C17H30N2S. The first-order chi connectivity index (χ1) is 9.79. The highest BCUT2D eigenvalue weighted by Crippen LogP contribution is 2.28. The Balaban J connectivity index is 1.53. The molecule has 1 N–H and O–H groups in total. The van der Waals surface area contributed by atoms with Crippen molar-refractivity contribution >= 4 is 11.3 Å². The van der Waals surface area contributed by atoms with Crippen molar-refractivity contribution in [1.29, 1.82) is 0 Å². The Labute approximate surface area is 128 Å². The lowest BCUT2D eigenvalue weighted by Gasteiger charge is -2.34. The highest BCUT2D eigenvalue weighted by molar-refractivity contribution is 7.07. The molecule has 114 valence electrons. The van der Waals surface area contributed by atoms with Crippen LogP contribution in [-0.4, -0.2) is 37.6 Å². The zero-order valence-electron chi connectivity index (χ0n) is 13.1. The maximum absolute atomic E-state index is 3.58. The quantitative estimate of drug-likeness (QED) is 0.734. The summed E-state index contributed by atoms with van der Waals surface area (Å²) in [6.45, 7) is 5.75. The molecule has 1 aliphatic carbocycles. The molecule has 0 unspecified atom stereocenters. The molecule has 1 fully saturated rings. The van der Waals surface area contributed by atoms with Crippen molar-refractivity contribution < 1.29 is 0 Å². The molecule has 3 heteroatoms. The van der Waals surface area contributed by atoms with Crippen LogP contribution in [0.25, 0.3) is 0 Å². The summed E-state index contributed by atoms with van der Waals surface area (Å²) < 4.78 is 0. The van der Waals surface area contributed by atoms with Crippen LogP contribution in [-0.2, 0) is 6.42 Å². The molecule has 1 heterocycles. The fourth-order valence-corrected chi connectivity index (χ4v) is 3.93. The number of rotatable bonds is 8. The van der Waals surface area contributed by atoms with Crippen LogP contribution in [0.2, 0.25) is 0 Å². The van der Waals surface area contributed by atoms with Gasteiger partial charge in [0.25, 0.3) is 0 Å². The molecule has 0 bridgehead atoms. The zero-order valence-corrected chi connectivity index (χ0v) is 13.9. The molecule has 0 aromatic carbocycles.